The van der Waals surface area contributed by atoms with Crippen molar-refractivity contribution >= 4 is 5.97 Å². The standard InChI is InChI=1S/C14H24N4O3/c1-11(2)9-12-15-13(21-16-12)10-18-7-5-17(6-8-18)4-3-14(19)20/h11H,3-10H2,1-2H3,(H,19,20). The van der Waals surface area contributed by atoms with Gasteiger partial charge in [-0.1, -0.05) is 19.0 Å². The Balaban J connectivity index is 1.73. The van der Waals surface area contributed by atoms with Crippen LogP contribution in [0.1, 0.15) is 32.0 Å². The second kappa shape index (κ2) is 7.51. The van der Waals surface area contributed by atoms with Gasteiger partial charge in [-0.05, 0) is 5.92 Å². The Morgan fingerprint density at radius 1 is 1.29 bits per heavy atom. The largest absolute Gasteiger partial charge is 0.481 e. The van der Waals surface area contributed by atoms with Gasteiger partial charge in [0.05, 0.1) is 13.0 Å². The van der Waals surface area contributed by atoms with E-state index in [1.807, 2.05) is 0 Å². The van der Waals surface area contributed by atoms with Gasteiger partial charge in [-0.15, -0.1) is 0 Å². The molecule has 118 valence electrons. The average molecular weight is 296 g/mol. The van der Waals surface area contributed by atoms with Gasteiger partial charge in [0, 0.05) is 39.1 Å². The zero-order valence-corrected chi connectivity index (χ0v) is 12.8. The van der Waals surface area contributed by atoms with Crippen molar-refractivity contribution in [2.75, 3.05) is 32.7 Å². The number of piperazine rings is 1. The van der Waals surface area contributed by atoms with Gasteiger partial charge < -0.3 is 14.5 Å². The molecule has 1 aliphatic rings. The number of rotatable bonds is 7. The molecule has 2 heterocycles. The summed E-state index contributed by atoms with van der Waals surface area (Å²) in [5, 5.41) is 12.7. The highest BCUT2D eigenvalue weighted by Gasteiger charge is 2.19. The summed E-state index contributed by atoms with van der Waals surface area (Å²) in [4.78, 5) is 19.4. The van der Waals surface area contributed by atoms with Crippen LogP contribution < -0.4 is 0 Å². The SMILES string of the molecule is CC(C)Cc1noc(CN2CCN(CCC(=O)O)CC2)n1. The minimum atomic E-state index is -0.735. The molecule has 1 aromatic rings. The number of aliphatic carboxylic acids is 1. The average Bonchev–Trinajstić information content (AvgIpc) is 2.84. The molecule has 0 spiro atoms. The molecule has 1 aliphatic heterocycles. The lowest BCUT2D eigenvalue weighted by Gasteiger charge is -2.33. The van der Waals surface area contributed by atoms with E-state index in [2.05, 4.69) is 33.8 Å². The first kappa shape index (κ1) is 15.9. The Labute approximate surface area is 124 Å². The Bertz CT molecular complexity index is 453. The number of hydrogen-bond acceptors (Lipinski definition) is 6. The molecule has 0 amide bonds. The van der Waals surface area contributed by atoms with E-state index in [1.54, 1.807) is 0 Å². The molecule has 1 N–H and O–H groups in total. The molecule has 7 heteroatoms. The summed E-state index contributed by atoms with van der Waals surface area (Å²) in [6.07, 6.45) is 1.05. The van der Waals surface area contributed by atoms with Crippen molar-refractivity contribution < 1.29 is 14.4 Å². The normalized spacial score (nSPS) is 17.5. The van der Waals surface area contributed by atoms with Gasteiger partial charge in [0.1, 0.15) is 0 Å². The molecule has 0 radical (unpaired) electrons. The highest BCUT2D eigenvalue weighted by molar-refractivity contribution is 5.66. The first-order valence-corrected chi connectivity index (χ1v) is 7.51. The maximum atomic E-state index is 10.6. The smallest absolute Gasteiger partial charge is 0.304 e. The molecule has 0 aliphatic carbocycles. The number of carboxylic acids is 1. The van der Waals surface area contributed by atoms with Crippen LogP contribution >= 0.6 is 0 Å². The molecule has 0 saturated carbocycles. The minimum absolute atomic E-state index is 0.211. The second-order valence-electron chi connectivity index (χ2n) is 5.96. The topological polar surface area (TPSA) is 82.7 Å². The van der Waals surface area contributed by atoms with Gasteiger partial charge in [0.15, 0.2) is 5.82 Å². The summed E-state index contributed by atoms with van der Waals surface area (Å²) in [6, 6.07) is 0. The second-order valence-corrected chi connectivity index (χ2v) is 5.96. The lowest BCUT2D eigenvalue weighted by Crippen LogP contribution is -2.46. The molecule has 1 fully saturated rings. The molecule has 0 unspecified atom stereocenters. The third-order valence-corrected chi connectivity index (χ3v) is 3.57. The summed E-state index contributed by atoms with van der Waals surface area (Å²) in [7, 11) is 0. The van der Waals surface area contributed by atoms with Crippen LogP contribution in [0.25, 0.3) is 0 Å². The highest BCUT2D eigenvalue weighted by Crippen LogP contribution is 2.09. The van der Waals surface area contributed by atoms with E-state index in [0.717, 1.165) is 38.4 Å². The monoisotopic (exact) mass is 296 g/mol. The molecule has 1 aromatic heterocycles. The minimum Gasteiger partial charge on any atom is -0.481 e. The lowest BCUT2D eigenvalue weighted by molar-refractivity contribution is -0.137. The van der Waals surface area contributed by atoms with Gasteiger partial charge in [-0.2, -0.15) is 4.98 Å². The fourth-order valence-corrected chi connectivity index (χ4v) is 2.42. The highest BCUT2D eigenvalue weighted by atomic mass is 16.5. The number of carboxylic acid groups (broad SMARTS) is 1. The fraction of sp³-hybridized carbons (Fsp3) is 0.786. The van der Waals surface area contributed by atoms with Gasteiger partial charge in [0.25, 0.3) is 0 Å². The first-order chi connectivity index (χ1) is 10.0. The van der Waals surface area contributed by atoms with E-state index in [1.165, 1.54) is 0 Å². The van der Waals surface area contributed by atoms with Crippen LogP contribution in [0.3, 0.4) is 0 Å². The Morgan fingerprint density at radius 2 is 1.95 bits per heavy atom. The maximum absolute atomic E-state index is 10.6. The van der Waals surface area contributed by atoms with Crippen LogP contribution in [0, 0.1) is 5.92 Å². The van der Waals surface area contributed by atoms with E-state index < -0.39 is 5.97 Å². The number of hydrogen-bond donors (Lipinski definition) is 1. The van der Waals surface area contributed by atoms with E-state index >= 15 is 0 Å². The van der Waals surface area contributed by atoms with Gasteiger partial charge in [-0.25, -0.2) is 0 Å². The summed E-state index contributed by atoms with van der Waals surface area (Å²) < 4.78 is 5.28. The summed E-state index contributed by atoms with van der Waals surface area (Å²) in [5.74, 6) is 1.24. The van der Waals surface area contributed by atoms with E-state index in [4.69, 9.17) is 9.63 Å². The number of nitrogens with zero attached hydrogens (tertiary/aromatic N) is 4. The van der Waals surface area contributed by atoms with Crippen molar-refractivity contribution in [3.05, 3.63) is 11.7 Å². The quantitative estimate of drug-likeness (QED) is 0.799. The zero-order valence-electron chi connectivity index (χ0n) is 12.8. The summed E-state index contributed by atoms with van der Waals surface area (Å²) in [5.41, 5.74) is 0. The lowest BCUT2D eigenvalue weighted by atomic mass is 10.1. The molecule has 0 atom stereocenters. The zero-order chi connectivity index (χ0) is 15.2. The van der Waals surface area contributed by atoms with Crippen LogP contribution in [-0.4, -0.2) is 63.7 Å². The van der Waals surface area contributed by atoms with E-state index in [-0.39, 0.29) is 6.42 Å². The Kier molecular flexibility index (Phi) is 5.69. The molecule has 2 rings (SSSR count). The van der Waals surface area contributed by atoms with Crippen molar-refractivity contribution in [2.45, 2.75) is 33.2 Å². The summed E-state index contributed by atoms with van der Waals surface area (Å²) in [6.45, 7) is 9.16. The van der Waals surface area contributed by atoms with Crippen molar-refractivity contribution in [1.29, 1.82) is 0 Å². The third kappa shape index (κ3) is 5.43. The molecular weight excluding hydrogens is 272 g/mol. The molecular formula is C14H24N4O3. The van der Waals surface area contributed by atoms with Crippen LogP contribution in [0.15, 0.2) is 4.52 Å². The predicted octanol–water partition coefficient (Wildman–Crippen LogP) is 0.860. The van der Waals surface area contributed by atoms with Crippen molar-refractivity contribution in [3.63, 3.8) is 0 Å². The Hall–Kier alpha value is -1.47. The fourth-order valence-electron chi connectivity index (χ4n) is 2.42. The van der Waals surface area contributed by atoms with Crippen molar-refractivity contribution in [1.82, 2.24) is 19.9 Å². The van der Waals surface area contributed by atoms with E-state index in [0.29, 0.717) is 24.9 Å². The molecule has 21 heavy (non-hydrogen) atoms. The first-order valence-electron chi connectivity index (χ1n) is 7.51. The predicted molar refractivity (Wildman–Crippen MR) is 76.8 cm³/mol. The molecule has 1 saturated heterocycles. The maximum Gasteiger partial charge on any atom is 0.304 e. The Morgan fingerprint density at radius 3 is 2.57 bits per heavy atom. The van der Waals surface area contributed by atoms with Crippen LogP contribution in [0.5, 0.6) is 0 Å². The molecule has 0 aromatic carbocycles. The van der Waals surface area contributed by atoms with Crippen LogP contribution in [0.4, 0.5) is 0 Å². The number of carbonyl (C=O) groups is 1. The third-order valence-electron chi connectivity index (χ3n) is 3.57. The van der Waals surface area contributed by atoms with Crippen molar-refractivity contribution in [3.8, 4) is 0 Å². The van der Waals surface area contributed by atoms with Gasteiger partial charge in [-0.3, -0.25) is 9.69 Å². The van der Waals surface area contributed by atoms with Gasteiger partial charge in [0.2, 0.25) is 5.89 Å². The number of aromatic nitrogens is 2. The van der Waals surface area contributed by atoms with Gasteiger partial charge >= 0.3 is 5.97 Å². The van der Waals surface area contributed by atoms with Crippen LogP contribution in [0.2, 0.25) is 0 Å². The van der Waals surface area contributed by atoms with E-state index in [9.17, 15) is 4.79 Å². The molecule has 0 bridgehead atoms. The van der Waals surface area contributed by atoms with Crippen LogP contribution in [-0.2, 0) is 17.8 Å². The molecule has 7 nitrogen and oxygen atoms in total. The van der Waals surface area contributed by atoms with Crippen molar-refractivity contribution in [2.24, 2.45) is 5.92 Å². The summed E-state index contributed by atoms with van der Waals surface area (Å²) >= 11 is 0.